The molecule has 0 bridgehead atoms. The molecule has 0 spiro atoms. The first-order valence-electron chi connectivity index (χ1n) is 7.43. The predicted octanol–water partition coefficient (Wildman–Crippen LogP) is 2.68. The van der Waals surface area contributed by atoms with E-state index in [-0.39, 0.29) is 0 Å². The maximum Gasteiger partial charge on any atom is 0.109 e. The number of piperidine rings is 1. The summed E-state index contributed by atoms with van der Waals surface area (Å²) in [6.07, 6.45) is 4.80. The summed E-state index contributed by atoms with van der Waals surface area (Å²) >= 11 is 0. The van der Waals surface area contributed by atoms with Gasteiger partial charge in [0.1, 0.15) is 5.82 Å². The minimum absolute atomic E-state index is 0.745. The second-order valence-corrected chi connectivity index (χ2v) is 5.64. The topological polar surface area (TPSA) is 29.9 Å². The first kappa shape index (κ1) is 12.7. The van der Waals surface area contributed by atoms with E-state index in [0.717, 1.165) is 30.8 Å². The largest absolute Gasteiger partial charge is 0.331 e. The summed E-state index contributed by atoms with van der Waals surface area (Å²) in [5, 5.41) is 3.49. The Labute approximate surface area is 115 Å². The second-order valence-electron chi connectivity index (χ2n) is 5.64. The standard InChI is InChI=1S/C16H23N3/c1-3-13-7-4-8-14-16(13)19(2)15(18-14)10-12-6-5-9-17-11-12/h4,7-8,12,17H,3,5-6,9-11H2,1-2H3. The Balaban J connectivity index is 1.93. The number of aromatic nitrogens is 2. The van der Waals surface area contributed by atoms with Gasteiger partial charge in [0.05, 0.1) is 11.0 Å². The molecule has 1 aliphatic heterocycles. The van der Waals surface area contributed by atoms with Crippen LogP contribution in [0.3, 0.4) is 0 Å². The zero-order chi connectivity index (χ0) is 13.2. The van der Waals surface area contributed by atoms with Crippen molar-refractivity contribution in [3.05, 3.63) is 29.6 Å². The fourth-order valence-electron chi connectivity index (χ4n) is 3.22. The summed E-state index contributed by atoms with van der Waals surface area (Å²) in [7, 11) is 2.17. The number of hydrogen-bond acceptors (Lipinski definition) is 2. The first-order chi connectivity index (χ1) is 9.29. The SMILES string of the molecule is CCc1cccc2nc(CC3CCCNC3)n(C)c12. The van der Waals surface area contributed by atoms with Crippen molar-refractivity contribution in [1.82, 2.24) is 14.9 Å². The highest BCUT2D eigenvalue weighted by atomic mass is 15.1. The Morgan fingerprint density at radius 2 is 2.32 bits per heavy atom. The summed E-state index contributed by atoms with van der Waals surface area (Å²) in [6, 6.07) is 6.48. The van der Waals surface area contributed by atoms with Crippen LogP contribution in [0.25, 0.3) is 11.0 Å². The van der Waals surface area contributed by atoms with E-state index in [1.54, 1.807) is 0 Å². The van der Waals surface area contributed by atoms with Crippen LogP contribution in [0.4, 0.5) is 0 Å². The second kappa shape index (κ2) is 5.33. The van der Waals surface area contributed by atoms with Crippen LogP contribution >= 0.6 is 0 Å². The molecule has 1 fully saturated rings. The van der Waals surface area contributed by atoms with Crippen molar-refractivity contribution < 1.29 is 0 Å². The van der Waals surface area contributed by atoms with Crippen LogP contribution in [-0.4, -0.2) is 22.6 Å². The molecule has 0 aliphatic carbocycles. The van der Waals surface area contributed by atoms with Crippen LogP contribution in [0.2, 0.25) is 0 Å². The molecule has 1 aromatic carbocycles. The summed E-state index contributed by atoms with van der Waals surface area (Å²) < 4.78 is 2.31. The Morgan fingerprint density at radius 1 is 1.42 bits per heavy atom. The average Bonchev–Trinajstić information content (AvgIpc) is 2.77. The van der Waals surface area contributed by atoms with Crippen LogP contribution in [0.5, 0.6) is 0 Å². The van der Waals surface area contributed by atoms with E-state index >= 15 is 0 Å². The van der Waals surface area contributed by atoms with E-state index in [9.17, 15) is 0 Å². The molecule has 3 nitrogen and oxygen atoms in total. The Bertz CT molecular complexity index is 565. The lowest BCUT2D eigenvalue weighted by molar-refractivity contribution is 0.368. The first-order valence-corrected chi connectivity index (χ1v) is 7.43. The maximum atomic E-state index is 4.85. The number of aryl methyl sites for hydroxylation is 2. The fourth-order valence-corrected chi connectivity index (χ4v) is 3.22. The smallest absolute Gasteiger partial charge is 0.109 e. The van der Waals surface area contributed by atoms with E-state index in [4.69, 9.17) is 4.98 Å². The Morgan fingerprint density at radius 3 is 3.05 bits per heavy atom. The van der Waals surface area contributed by atoms with Crippen molar-refractivity contribution in [3.63, 3.8) is 0 Å². The van der Waals surface area contributed by atoms with Gasteiger partial charge in [-0.15, -0.1) is 0 Å². The number of fused-ring (bicyclic) bond motifs is 1. The minimum Gasteiger partial charge on any atom is -0.331 e. The molecule has 2 aromatic rings. The van der Waals surface area contributed by atoms with Crippen molar-refractivity contribution in [2.45, 2.75) is 32.6 Å². The van der Waals surface area contributed by atoms with Gasteiger partial charge in [-0.3, -0.25) is 0 Å². The normalized spacial score (nSPS) is 20.0. The zero-order valence-corrected chi connectivity index (χ0v) is 11.9. The Hall–Kier alpha value is -1.35. The van der Waals surface area contributed by atoms with E-state index in [2.05, 4.69) is 42.1 Å². The van der Waals surface area contributed by atoms with Gasteiger partial charge >= 0.3 is 0 Å². The molecular formula is C16H23N3. The van der Waals surface area contributed by atoms with Crippen molar-refractivity contribution in [1.29, 1.82) is 0 Å². The number of imidazole rings is 1. The van der Waals surface area contributed by atoms with Crippen LogP contribution in [0, 0.1) is 5.92 Å². The molecular weight excluding hydrogens is 234 g/mol. The molecule has 1 unspecified atom stereocenters. The van der Waals surface area contributed by atoms with Gasteiger partial charge < -0.3 is 9.88 Å². The molecule has 0 saturated carbocycles. The zero-order valence-electron chi connectivity index (χ0n) is 11.9. The molecule has 1 atom stereocenters. The molecule has 19 heavy (non-hydrogen) atoms. The number of rotatable bonds is 3. The number of nitrogens with one attached hydrogen (secondary N) is 1. The van der Waals surface area contributed by atoms with E-state index < -0.39 is 0 Å². The molecule has 102 valence electrons. The highest BCUT2D eigenvalue weighted by Crippen LogP contribution is 2.23. The molecule has 1 aromatic heterocycles. The lowest BCUT2D eigenvalue weighted by Gasteiger charge is -2.22. The van der Waals surface area contributed by atoms with Crippen LogP contribution in [0.1, 0.15) is 31.2 Å². The van der Waals surface area contributed by atoms with Crippen LogP contribution in [0.15, 0.2) is 18.2 Å². The van der Waals surface area contributed by atoms with Crippen molar-refractivity contribution in [2.75, 3.05) is 13.1 Å². The molecule has 3 heteroatoms. The minimum atomic E-state index is 0.745. The summed E-state index contributed by atoms with van der Waals surface area (Å²) in [5.74, 6) is 1.99. The number of benzene rings is 1. The predicted molar refractivity (Wildman–Crippen MR) is 79.4 cm³/mol. The van der Waals surface area contributed by atoms with E-state index in [1.165, 1.54) is 36.3 Å². The number of para-hydroxylation sites is 1. The third kappa shape index (κ3) is 2.39. The van der Waals surface area contributed by atoms with E-state index in [1.807, 2.05) is 0 Å². The summed E-state index contributed by atoms with van der Waals surface area (Å²) in [4.78, 5) is 4.85. The third-order valence-corrected chi connectivity index (χ3v) is 4.32. The average molecular weight is 257 g/mol. The monoisotopic (exact) mass is 257 g/mol. The molecule has 3 rings (SSSR count). The van der Waals surface area contributed by atoms with E-state index in [0.29, 0.717) is 0 Å². The lowest BCUT2D eigenvalue weighted by Crippen LogP contribution is -2.31. The molecule has 0 radical (unpaired) electrons. The van der Waals surface area contributed by atoms with Crippen molar-refractivity contribution in [3.8, 4) is 0 Å². The molecule has 1 saturated heterocycles. The van der Waals surface area contributed by atoms with Crippen molar-refractivity contribution >= 4 is 11.0 Å². The van der Waals surface area contributed by atoms with Gasteiger partial charge in [0.15, 0.2) is 0 Å². The van der Waals surface area contributed by atoms with Gasteiger partial charge in [-0.05, 0) is 49.9 Å². The molecule has 2 heterocycles. The number of hydrogen-bond donors (Lipinski definition) is 1. The van der Waals surface area contributed by atoms with Gasteiger partial charge in [-0.25, -0.2) is 4.98 Å². The Kier molecular flexibility index (Phi) is 3.56. The third-order valence-electron chi connectivity index (χ3n) is 4.32. The van der Waals surface area contributed by atoms with Gasteiger partial charge in [0, 0.05) is 13.5 Å². The summed E-state index contributed by atoms with van der Waals surface area (Å²) in [5.41, 5.74) is 3.88. The highest BCUT2D eigenvalue weighted by molar-refractivity contribution is 5.79. The van der Waals surface area contributed by atoms with Gasteiger partial charge in [-0.1, -0.05) is 19.1 Å². The van der Waals surface area contributed by atoms with Gasteiger partial charge in [-0.2, -0.15) is 0 Å². The quantitative estimate of drug-likeness (QED) is 0.916. The van der Waals surface area contributed by atoms with Crippen molar-refractivity contribution in [2.24, 2.45) is 13.0 Å². The van der Waals surface area contributed by atoms with Crippen LogP contribution < -0.4 is 5.32 Å². The highest BCUT2D eigenvalue weighted by Gasteiger charge is 2.17. The summed E-state index contributed by atoms with van der Waals surface area (Å²) in [6.45, 7) is 4.54. The maximum absolute atomic E-state index is 4.85. The van der Waals surface area contributed by atoms with Crippen LogP contribution in [-0.2, 0) is 19.9 Å². The van der Waals surface area contributed by atoms with Gasteiger partial charge in [0.2, 0.25) is 0 Å². The number of nitrogens with zero attached hydrogens (tertiary/aromatic N) is 2. The molecule has 1 N–H and O–H groups in total. The fraction of sp³-hybridized carbons (Fsp3) is 0.562. The van der Waals surface area contributed by atoms with Gasteiger partial charge in [0.25, 0.3) is 0 Å². The molecule has 1 aliphatic rings. The lowest BCUT2D eigenvalue weighted by atomic mass is 9.96. The molecule has 0 amide bonds.